The minimum absolute atomic E-state index is 0.161. The summed E-state index contributed by atoms with van der Waals surface area (Å²) in [5.41, 5.74) is 0. The molecular formula is C11H17N3O3S. The van der Waals surface area contributed by atoms with Gasteiger partial charge < -0.3 is 9.73 Å². The van der Waals surface area contributed by atoms with Crippen molar-refractivity contribution in [2.24, 2.45) is 5.92 Å². The number of sulfone groups is 1. The molecule has 3 rings (SSSR count). The van der Waals surface area contributed by atoms with Gasteiger partial charge in [-0.2, -0.15) is 0 Å². The van der Waals surface area contributed by atoms with Crippen molar-refractivity contribution in [1.82, 2.24) is 10.2 Å². The van der Waals surface area contributed by atoms with E-state index in [2.05, 4.69) is 15.5 Å². The van der Waals surface area contributed by atoms with Crippen LogP contribution in [0, 0.1) is 5.92 Å². The summed E-state index contributed by atoms with van der Waals surface area (Å²) in [5, 5.41) is 11.0. The summed E-state index contributed by atoms with van der Waals surface area (Å²) in [4.78, 5) is 0. The van der Waals surface area contributed by atoms with Gasteiger partial charge in [-0.3, -0.25) is 0 Å². The van der Waals surface area contributed by atoms with Crippen LogP contribution >= 0.6 is 0 Å². The van der Waals surface area contributed by atoms with Gasteiger partial charge in [0.15, 0.2) is 9.84 Å². The van der Waals surface area contributed by atoms with E-state index in [1.807, 2.05) is 0 Å². The zero-order valence-electron chi connectivity index (χ0n) is 10.1. The second kappa shape index (κ2) is 4.53. The maximum absolute atomic E-state index is 11.3. The average molecular weight is 271 g/mol. The van der Waals surface area contributed by atoms with Gasteiger partial charge in [0.2, 0.25) is 5.89 Å². The Morgan fingerprint density at radius 2 is 2.11 bits per heavy atom. The van der Waals surface area contributed by atoms with E-state index < -0.39 is 9.84 Å². The van der Waals surface area contributed by atoms with Crippen LogP contribution in [0.5, 0.6) is 0 Å². The summed E-state index contributed by atoms with van der Waals surface area (Å²) in [6.07, 6.45) is 4.21. The summed E-state index contributed by atoms with van der Waals surface area (Å²) in [6.45, 7) is 0.589. The molecule has 1 saturated heterocycles. The molecule has 2 fully saturated rings. The highest BCUT2D eigenvalue weighted by molar-refractivity contribution is 7.91. The Balaban J connectivity index is 1.52. The summed E-state index contributed by atoms with van der Waals surface area (Å²) in [7, 11) is -2.81. The van der Waals surface area contributed by atoms with E-state index in [0.29, 0.717) is 30.1 Å². The Hall–Kier alpha value is -1.11. The summed E-state index contributed by atoms with van der Waals surface area (Å²) in [6, 6.07) is 0.418. The maximum atomic E-state index is 11.3. The van der Waals surface area contributed by atoms with Gasteiger partial charge in [-0.05, 0) is 25.2 Å². The largest absolute Gasteiger partial charge is 0.408 e. The van der Waals surface area contributed by atoms with E-state index in [1.165, 1.54) is 6.42 Å². The van der Waals surface area contributed by atoms with Gasteiger partial charge >= 0.3 is 6.01 Å². The molecule has 1 N–H and O–H groups in total. The molecule has 7 heteroatoms. The van der Waals surface area contributed by atoms with Gasteiger partial charge in [-0.15, -0.1) is 5.10 Å². The fourth-order valence-electron chi connectivity index (χ4n) is 2.39. The molecule has 1 atom stereocenters. The van der Waals surface area contributed by atoms with Crippen LogP contribution in [0.1, 0.15) is 37.5 Å². The fourth-order valence-corrected chi connectivity index (χ4v) is 4.25. The van der Waals surface area contributed by atoms with Crippen LogP contribution in [0.15, 0.2) is 4.42 Å². The van der Waals surface area contributed by atoms with Gasteiger partial charge in [0.25, 0.3) is 0 Å². The van der Waals surface area contributed by atoms with Crippen molar-refractivity contribution >= 4 is 15.9 Å². The van der Waals surface area contributed by atoms with Crippen molar-refractivity contribution in [3.63, 3.8) is 0 Å². The molecule has 1 aliphatic heterocycles. The number of hydrogen-bond donors (Lipinski definition) is 1. The first-order valence-electron chi connectivity index (χ1n) is 6.40. The molecule has 0 bridgehead atoms. The lowest BCUT2D eigenvalue weighted by atomic mass is 9.85. The molecule has 1 aliphatic carbocycles. The van der Waals surface area contributed by atoms with Gasteiger partial charge in [-0.25, -0.2) is 8.42 Å². The minimum Gasteiger partial charge on any atom is -0.408 e. The molecule has 2 aliphatic rings. The van der Waals surface area contributed by atoms with Gasteiger partial charge in [0.05, 0.1) is 11.5 Å². The van der Waals surface area contributed by atoms with Crippen molar-refractivity contribution < 1.29 is 12.8 Å². The van der Waals surface area contributed by atoms with Crippen LogP contribution < -0.4 is 5.32 Å². The third-order valence-electron chi connectivity index (χ3n) is 3.76. The van der Waals surface area contributed by atoms with Crippen molar-refractivity contribution in [2.75, 3.05) is 23.4 Å². The fraction of sp³-hybridized carbons (Fsp3) is 0.818. The van der Waals surface area contributed by atoms with E-state index in [4.69, 9.17) is 4.42 Å². The Labute approximate surface area is 106 Å². The van der Waals surface area contributed by atoms with Gasteiger partial charge in [0, 0.05) is 12.5 Å². The molecule has 100 valence electrons. The number of hydrogen-bond acceptors (Lipinski definition) is 6. The normalized spacial score (nSPS) is 27.0. The Morgan fingerprint density at radius 1 is 1.28 bits per heavy atom. The number of anilines is 1. The molecule has 6 nitrogen and oxygen atoms in total. The van der Waals surface area contributed by atoms with Crippen LogP contribution in [-0.2, 0) is 9.84 Å². The molecule has 0 amide bonds. The van der Waals surface area contributed by atoms with Crippen molar-refractivity contribution in [3.05, 3.63) is 5.89 Å². The van der Waals surface area contributed by atoms with Gasteiger partial charge in [0.1, 0.15) is 0 Å². The predicted molar refractivity (Wildman–Crippen MR) is 66.1 cm³/mol. The summed E-state index contributed by atoms with van der Waals surface area (Å²) < 4.78 is 28.1. The lowest BCUT2D eigenvalue weighted by Gasteiger charge is -2.20. The van der Waals surface area contributed by atoms with E-state index >= 15 is 0 Å². The van der Waals surface area contributed by atoms with Crippen molar-refractivity contribution in [1.29, 1.82) is 0 Å². The molecule has 0 spiro atoms. The highest BCUT2D eigenvalue weighted by Gasteiger charge is 2.28. The summed E-state index contributed by atoms with van der Waals surface area (Å²) in [5.74, 6) is 1.87. The Morgan fingerprint density at radius 3 is 2.72 bits per heavy atom. The van der Waals surface area contributed by atoms with Crippen LogP contribution in [0.4, 0.5) is 6.01 Å². The Bertz CT molecular complexity index is 521. The van der Waals surface area contributed by atoms with Crippen molar-refractivity contribution in [3.8, 4) is 0 Å². The second-order valence-electron chi connectivity index (χ2n) is 5.22. The smallest absolute Gasteiger partial charge is 0.315 e. The van der Waals surface area contributed by atoms with Crippen LogP contribution in [0.25, 0.3) is 0 Å². The molecule has 0 radical (unpaired) electrons. The molecule has 2 heterocycles. The minimum atomic E-state index is -2.81. The molecular weight excluding hydrogens is 254 g/mol. The predicted octanol–water partition coefficient (Wildman–Crippen LogP) is 1.18. The lowest BCUT2D eigenvalue weighted by molar-refractivity contribution is 0.338. The van der Waals surface area contributed by atoms with E-state index in [1.54, 1.807) is 0 Å². The van der Waals surface area contributed by atoms with E-state index in [-0.39, 0.29) is 11.7 Å². The maximum Gasteiger partial charge on any atom is 0.315 e. The quantitative estimate of drug-likeness (QED) is 0.885. The SMILES string of the molecule is O=S1(=O)CCC(CNc2nnc(C3CCC3)o2)C1. The Kier molecular flexibility index (Phi) is 3.01. The number of aromatic nitrogens is 2. The lowest BCUT2D eigenvalue weighted by Crippen LogP contribution is -2.15. The van der Waals surface area contributed by atoms with E-state index in [0.717, 1.165) is 19.3 Å². The van der Waals surface area contributed by atoms with E-state index in [9.17, 15) is 8.42 Å². The van der Waals surface area contributed by atoms with Gasteiger partial charge in [-0.1, -0.05) is 11.5 Å². The summed E-state index contributed by atoms with van der Waals surface area (Å²) >= 11 is 0. The zero-order chi connectivity index (χ0) is 12.6. The second-order valence-corrected chi connectivity index (χ2v) is 7.45. The highest BCUT2D eigenvalue weighted by Crippen LogP contribution is 2.35. The van der Waals surface area contributed by atoms with Crippen LogP contribution in [0.2, 0.25) is 0 Å². The highest BCUT2D eigenvalue weighted by atomic mass is 32.2. The number of nitrogens with one attached hydrogen (secondary N) is 1. The molecule has 1 aromatic heterocycles. The van der Waals surface area contributed by atoms with Crippen LogP contribution in [-0.4, -0.2) is 36.7 Å². The first-order valence-corrected chi connectivity index (χ1v) is 8.22. The molecule has 18 heavy (non-hydrogen) atoms. The number of nitrogens with zero attached hydrogens (tertiary/aromatic N) is 2. The topological polar surface area (TPSA) is 85.1 Å². The third kappa shape index (κ3) is 2.50. The van der Waals surface area contributed by atoms with Crippen LogP contribution in [0.3, 0.4) is 0 Å². The first-order chi connectivity index (χ1) is 8.62. The molecule has 1 aromatic rings. The third-order valence-corrected chi connectivity index (χ3v) is 5.60. The monoisotopic (exact) mass is 271 g/mol. The standard InChI is InChI=1S/C11H17N3O3S/c15-18(16)5-4-8(7-18)6-12-11-14-13-10(17-11)9-2-1-3-9/h8-9H,1-7H2,(H,12,14). The molecule has 1 saturated carbocycles. The molecule has 1 unspecified atom stereocenters. The zero-order valence-corrected chi connectivity index (χ0v) is 10.9. The molecule has 0 aromatic carbocycles. The average Bonchev–Trinajstić information content (AvgIpc) is 2.80. The van der Waals surface area contributed by atoms with Crippen molar-refractivity contribution in [2.45, 2.75) is 31.6 Å². The number of rotatable bonds is 4. The first kappa shape index (κ1) is 12.0.